The highest BCUT2D eigenvalue weighted by Crippen LogP contribution is 2.31. The van der Waals surface area contributed by atoms with E-state index < -0.39 is 5.82 Å². The summed E-state index contributed by atoms with van der Waals surface area (Å²) in [6.07, 6.45) is 1.67. The normalized spacial score (nSPS) is 28.1. The summed E-state index contributed by atoms with van der Waals surface area (Å²) in [5, 5.41) is 8.76. The quantitative estimate of drug-likeness (QED) is 0.856. The molecular formula is C17H19FN2O2. The summed E-state index contributed by atoms with van der Waals surface area (Å²) in [5.41, 5.74) is 0.656. The molecule has 0 radical (unpaired) electrons. The maximum Gasteiger partial charge on any atom is 0.140 e. The number of ketones is 1. The third-order valence-electron chi connectivity index (χ3n) is 4.89. The van der Waals surface area contributed by atoms with Crippen LogP contribution in [0.2, 0.25) is 0 Å². The summed E-state index contributed by atoms with van der Waals surface area (Å²) >= 11 is 0. The molecule has 0 spiro atoms. The summed E-state index contributed by atoms with van der Waals surface area (Å²) in [6, 6.07) is 6.77. The van der Waals surface area contributed by atoms with Crippen molar-refractivity contribution in [3.05, 3.63) is 35.1 Å². The highest BCUT2D eigenvalue weighted by Gasteiger charge is 2.39. The molecule has 116 valence electrons. The fourth-order valence-electron chi connectivity index (χ4n) is 3.45. The number of benzene rings is 1. The zero-order chi connectivity index (χ0) is 15.7. The number of carbonyl (C=O) groups is 1. The Bertz CT molecular complexity index is 612. The molecule has 0 saturated carbocycles. The Hall–Kier alpha value is -1.77. The van der Waals surface area contributed by atoms with Crippen LogP contribution in [0.25, 0.3) is 0 Å². The first-order chi connectivity index (χ1) is 10.6. The van der Waals surface area contributed by atoms with Gasteiger partial charge in [0.15, 0.2) is 0 Å². The topological polar surface area (TPSA) is 53.3 Å². The lowest BCUT2D eigenvalue weighted by Gasteiger charge is -2.46. The van der Waals surface area contributed by atoms with E-state index in [0.29, 0.717) is 18.8 Å². The lowest BCUT2D eigenvalue weighted by Crippen LogP contribution is -2.56. The first kappa shape index (κ1) is 15.1. The Morgan fingerprint density at radius 3 is 2.68 bits per heavy atom. The maximum atomic E-state index is 13.9. The van der Waals surface area contributed by atoms with Crippen LogP contribution in [0.15, 0.2) is 18.2 Å². The van der Waals surface area contributed by atoms with Crippen molar-refractivity contribution >= 4 is 5.78 Å². The fourth-order valence-corrected chi connectivity index (χ4v) is 3.45. The Kier molecular flexibility index (Phi) is 4.23. The van der Waals surface area contributed by atoms with Gasteiger partial charge in [0.05, 0.1) is 24.8 Å². The van der Waals surface area contributed by atoms with Crippen LogP contribution in [0.3, 0.4) is 0 Å². The number of piperidine rings is 1. The number of nitriles is 1. The predicted octanol–water partition coefficient (Wildman–Crippen LogP) is 1.92. The van der Waals surface area contributed by atoms with Gasteiger partial charge in [0, 0.05) is 24.4 Å². The van der Waals surface area contributed by atoms with Gasteiger partial charge in [0.1, 0.15) is 11.6 Å². The van der Waals surface area contributed by atoms with Crippen molar-refractivity contribution in [3.63, 3.8) is 0 Å². The van der Waals surface area contributed by atoms with Gasteiger partial charge >= 0.3 is 0 Å². The number of hydrogen-bond donors (Lipinski definition) is 0. The molecule has 2 atom stereocenters. The average Bonchev–Trinajstić information content (AvgIpc) is 2.48. The Balaban J connectivity index is 1.69. The molecule has 2 bridgehead atoms. The number of ether oxygens (including phenoxy) is 1. The number of likely N-dealkylation sites (N-methyl/N-ethyl adjacent to an activating group) is 1. The maximum absolute atomic E-state index is 13.9. The smallest absolute Gasteiger partial charge is 0.140 e. The number of halogens is 1. The van der Waals surface area contributed by atoms with Crippen LogP contribution in [-0.2, 0) is 16.0 Å². The molecule has 2 saturated heterocycles. The van der Waals surface area contributed by atoms with Crippen molar-refractivity contribution in [3.8, 4) is 6.07 Å². The molecule has 0 aliphatic carbocycles. The summed E-state index contributed by atoms with van der Waals surface area (Å²) < 4.78 is 19.5. The second-order valence-corrected chi connectivity index (χ2v) is 6.24. The minimum Gasteiger partial charge on any atom is -0.378 e. The molecule has 0 amide bonds. The molecule has 22 heavy (non-hydrogen) atoms. The van der Waals surface area contributed by atoms with Gasteiger partial charge in [-0.3, -0.25) is 9.69 Å². The van der Waals surface area contributed by atoms with Crippen LogP contribution < -0.4 is 0 Å². The van der Waals surface area contributed by atoms with Crippen LogP contribution in [0.5, 0.6) is 0 Å². The molecule has 2 heterocycles. The Morgan fingerprint density at radius 2 is 2.09 bits per heavy atom. The zero-order valence-electron chi connectivity index (χ0n) is 12.6. The van der Waals surface area contributed by atoms with Gasteiger partial charge in [-0.2, -0.15) is 5.26 Å². The molecule has 1 aromatic rings. The number of Topliss-reactive ketones (excluding diaryl/α,β-unsaturated/α-hetero) is 1. The van der Waals surface area contributed by atoms with E-state index in [1.54, 1.807) is 12.1 Å². The molecular weight excluding hydrogens is 283 g/mol. The van der Waals surface area contributed by atoms with E-state index in [1.807, 2.05) is 6.07 Å². The second-order valence-electron chi connectivity index (χ2n) is 6.24. The number of hydrogen-bond acceptors (Lipinski definition) is 4. The minimum absolute atomic E-state index is 0.0230. The monoisotopic (exact) mass is 302 g/mol. The third-order valence-corrected chi connectivity index (χ3v) is 4.89. The number of rotatable bonds is 3. The molecule has 4 nitrogen and oxygen atoms in total. The van der Waals surface area contributed by atoms with Gasteiger partial charge in [0.2, 0.25) is 0 Å². The van der Waals surface area contributed by atoms with E-state index in [9.17, 15) is 9.18 Å². The molecule has 5 heteroatoms. The second kappa shape index (κ2) is 6.15. The third kappa shape index (κ3) is 2.90. The van der Waals surface area contributed by atoms with Crippen molar-refractivity contribution < 1.29 is 13.9 Å². The molecule has 0 aromatic heterocycles. The lowest BCUT2D eigenvalue weighted by atomic mass is 9.81. The standard InChI is InChI=1S/C17H19FN2O2/c1-20-14-5-13(6-15(20)10-22-9-14)17(21)7-12-3-2-11(8-19)4-16(12)18/h2-4,13-15H,5-7,9-10H2,1H3. The first-order valence-corrected chi connectivity index (χ1v) is 7.59. The van der Waals surface area contributed by atoms with Crippen LogP contribution in [-0.4, -0.2) is 43.0 Å². The average molecular weight is 302 g/mol. The minimum atomic E-state index is -0.469. The fraction of sp³-hybridized carbons (Fsp3) is 0.529. The van der Waals surface area contributed by atoms with E-state index in [4.69, 9.17) is 10.00 Å². The molecule has 2 aliphatic rings. The Labute approximate surface area is 129 Å². The van der Waals surface area contributed by atoms with E-state index in [-0.39, 0.29) is 35.8 Å². The van der Waals surface area contributed by atoms with Crippen LogP contribution in [0.1, 0.15) is 24.0 Å². The van der Waals surface area contributed by atoms with Crippen LogP contribution in [0, 0.1) is 23.1 Å². The zero-order valence-corrected chi connectivity index (χ0v) is 12.6. The molecule has 1 aromatic carbocycles. The largest absolute Gasteiger partial charge is 0.378 e. The highest BCUT2D eigenvalue weighted by atomic mass is 19.1. The molecule has 2 unspecified atom stereocenters. The van der Waals surface area contributed by atoms with Gasteiger partial charge in [-0.15, -0.1) is 0 Å². The number of morpholine rings is 1. The van der Waals surface area contributed by atoms with Crippen molar-refractivity contribution in [2.45, 2.75) is 31.3 Å². The van der Waals surface area contributed by atoms with Crippen molar-refractivity contribution in [1.29, 1.82) is 5.26 Å². The van der Waals surface area contributed by atoms with Crippen LogP contribution >= 0.6 is 0 Å². The van der Waals surface area contributed by atoms with E-state index in [2.05, 4.69) is 11.9 Å². The van der Waals surface area contributed by atoms with Crippen molar-refractivity contribution in [1.82, 2.24) is 4.90 Å². The van der Waals surface area contributed by atoms with Gasteiger partial charge in [-0.1, -0.05) is 6.07 Å². The SMILES string of the molecule is CN1C2COCC1CC(C(=O)Cc1ccc(C#N)cc1F)C2. The van der Waals surface area contributed by atoms with Gasteiger partial charge in [-0.05, 0) is 37.6 Å². The van der Waals surface area contributed by atoms with Gasteiger partial charge < -0.3 is 4.74 Å². The summed E-state index contributed by atoms with van der Waals surface area (Å²) in [6.45, 7) is 1.34. The highest BCUT2D eigenvalue weighted by molar-refractivity contribution is 5.83. The predicted molar refractivity (Wildman–Crippen MR) is 78.7 cm³/mol. The number of carbonyl (C=O) groups excluding carboxylic acids is 1. The molecule has 3 rings (SSSR count). The lowest BCUT2D eigenvalue weighted by molar-refractivity contribution is -0.130. The van der Waals surface area contributed by atoms with E-state index in [0.717, 1.165) is 12.8 Å². The molecule has 2 fully saturated rings. The number of nitrogens with zero attached hydrogens (tertiary/aromatic N) is 2. The first-order valence-electron chi connectivity index (χ1n) is 7.59. The molecule has 2 aliphatic heterocycles. The summed E-state index contributed by atoms with van der Waals surface area (Å²) in [7, 11) is 2.08. The number of fused-ring (bicyclic) bond motifs is 2. The van der Waals surface area contributed by atoms with E-state index >= 15 is 0 Å². The van der Waals surface area contributed by atoms with Gasteiger partial charge in [-0.25, -0.2) is 4.39 Å². The van der Waals surface area contributed by atoms with Crippen molar-refractivity contribution in [2.24, 2.45) is 5.92 Å². The molecule has 0 N–H and O–H groups in total. The van der Waals surface area contributed by atoms with Crippen LogP contribution in [0.4, 0.5) is 4.39 Å². The summed E-state index contributed by atoms with van der Waals surface area (Å²) in [4.78, 5) is 14.8. The van der Waals surface area contributed by atoms with Gasteiger partial charge in [0.25, 0.3) is 0 Å². The Morgan fingerprint density at radius 1 is 1.41 bits per heavy atom. The van der Waals surface area contributed by atoms with Crippen molar-refractivity contribution in [2.75, 3.05) is 20.3 Å². The summed E-state index contributed by atoms with van der Waals surface area (Å²) in [5.74, 6) is -0.400. The van der Waals surface area contributed by atoms with E-state index in [1.165, 1.54) is 6.07 Å².